The molecule has 0 fully saturated rings. The highest BCUT2D eigenvalue weighted by atomic mass is 16.5. The molecule has 0 spiro atoms. The van der Waals surface area contributed by atoms with E-state index in [1.807, 2.05) is 54.6 Å². The maximum absolute atomic E-state index is 12.6. The number of hydrogen-bond acceptors (Lipinski definition) is 3. The first-order valence-electron chi connectivity index (χ1n) is 8.97. The van der Waals surface area contributed by atoms with E-state index in [4.69, 9.17) is 4.74 Å². The highest BCUT2D eigenvalue weighted by Gasteiger charge is 2.09. The SMILES string of the molecule is CC(=O)Nc1ccc(/C=C/C(=O)c2ccccc2OCc2ccccc2)cc1. The molecule has 3 aromatic rings. The second-order valence-corrected chi connectivity index (χ2v) is 6.27. The topological polar surface area (TPSA) is 55.4 Å². The molecule has 140 valence electrons. The molecule has 0 saturated carbocycles. The molecular weight excluding hydrogens is 350 g/mol. The molecule has 3 rings (SSSR count). The summed E-state index contributed by atoms with van der Waals surface area (Å²) in [7, 11) is 0. The summed E-state index contributed by atoms with van der Waals surface area (Å²) in [6.07, 6.45) is 3.27. The maximum atomic E-state index is 12.6. The van der Waals surface area contributed by atoms with Crippen molar-refractivity contribution in [2.24, 2.45) is 0 Å². The number of rotatable bonds is 7. The zero-order valence-corrected chi connectivity index (χ0v) is 15.6. The summed E-state index contributed by atoms with van der Waals surface area (Å²) in [4.78, 5) is 23.7. The number of carbonyl (C=O) groups is 2. The molecule has 0 atom stereocenters. The van der Waals surface area contributed by atoms with Crippen molar-refractivity contribution in [2.45, 2.75) is 13.5 Å². The Kier molecular flexibility index (Phi) is 6.37. The minimum atomic E-state index is -0.130. The van der Waals surface area contributed by atoms with Crippen LogP contribution in [-0.2, 0) is 11.4 Å². The number of benzene rings is 3. The second-order valence-electron chi connectivity index (χ2n) is 6.27. The molecule has 0 saturated heterocycles. The fourth-order valence-corrected chi connectivity index (χ4v) is 2.67. The van der Waals surface area contributed by atoms with Crippen LogP contribution in [0.25, 0.3) is 6.08 Å². The van der Waals surface area contributed by atoms with Gasteiger partial charge in [-0.05, 0) is 41.5 Å². The van der Waals surface area contributed by atoms with Crippen LogP contribution in [0.15, 0.2) is 84.9 Å². The van der Waals surface area contributed by atoms with Gasteiger partial charge in [-0.3, -0.25) is 9.59 Å². The number of ether oxygens (including phenoxy) is 1. The van der Waals surface area contributed by atoms with E-state index in [9.17, 15) is 9.59 Å². The van der Waals surface area contributed by atoms with Crippen LogP contribution in [0.4, 0.5) is 5.69 Å². The van der Waals surface area contributed by atoms with Crippen molar-refractivity contribution < 1.29 is 14.3 Å². The van der Waals surface area contributed by atoms with Gasteiger partial charge in [0.25, 0.3) is 0 Å². The van der Waals surface area contributed by atoms with E-state index < -0.39 is 0 Å². The van der Waals surface area contributed by atoms with Gasteiger partial charge in [0.1, 0.15) is 12.4 Å². The first-order chi connectivity index (χ1) is 13.6. The van der Waals surface area contributed by atoms with E-state index in [-0.39, 0.29) is 11.7 Å². The van der Waals surface area contributed by atoms with E-state index in [0.29, 0.717) is 17.9 Å². The largest absolute Gasteiger partial charge is 0.488 e. The Morgan fingerprint density at radius 3 is 2.29 bits per heavy atom. The molecule has 1 N–H and O–H groups in total. The monoisotopic (exact) mass is 371 g/mol. The predicted molar refractivity (Wildman–Crippen MR) is 111 cm³/mol. The van der Waals surface area contributed by atoms with Gasteiger partial charge in [0.15, 0.2) is 5.78 Å². The number of allylic oxidation sites excluding steroid dienone is 1. The third-order valence-electron chi connectivity index (χ3n) is 4.05. The van der Waals surface area contributed by atoms with Crippen molar-refractivity contribution >= 4 is 23.5 Å². The van der Waals surface area contributed by atoms with Crippen LogP contribution in [-0.4, -0.2) is 11.7 Å². The van der Waals surface area contributed by atoms with Gasteiger partial charge in [-0.25, -0.2) is 0 Å². The summed E-state index contributed by atoms with van der Waals surface area (Å²) in [6, 6.07) is 24.3. The first kappa shape index (κ1) is 19.1. The Balaban J connectivity index is 1.68. The molecule has 0 aliphatic heterocycles. The van der Waals surface area contributed by atoms with Gasteiger partial charge in [-0.2, -0.15) is 0 Å². The second kappa shape index (κ2) is 9.33. The van der Waals surface area contributed by atoms with E-state index >= 15 is 0 Å². The molecule has 4 heteroatoms. The van der Waals surface area contributed by atoms with Crippen LogP contribution in [0.5, 0.6) is 5.75 Å². The lowest BCUT2D eigenvalue weighted by Gasteiger charge is -2.09. The zero-order chi connectivity index (χ0) is 19.8. The molecule has 0 heterocycles. The molecule has 3 aromatic carbocycles. The van der Waals surface area contributed by atoms with Crippen LogP contribution in [0.2, 0.25) is 0 Å². The quantitative estimate of drug-likeness (QED) is 0.463. The van der Waals surface area contributed by atoms with Gasteiger partial charge < -0.3 is 10.1 Å². The lowest BCUT2D eigenvalue weighted by molar-refractivity contribution is -0.114. The Hall–Kier alpha value is -3.66. The molecule has 0 radical (unpaired) electrons. The lowest BCUT2D eigenvalue weighted by Crippen LogP contribution is -2.05. The Bertz CT molecular complexity index is 976. The fourth-order valence-electron chi connectivity index (χ4n) is 2.67. The zero-order valence-electron chi connectivity index (χ0n) is 15.6. The van der Waals surface area contributed by atoms with Crippen molar-refractivity contribution in [2.75, 3.05) is 5.32 Å². The first-order valence-corrected chi connectivity index (χ1v) is 8.97. The summed E-state index contributed by atoms with van der Waals surface area (Å²) < 4.78 is 5.85. The minimum Gasteiger partial charge on any atom is -0.488 e. The van der Waals surface area contributed by atoms with Gasteiger partial charge >= 0.3 is 0 Å². The molecule has 0 aliphatic rings. The van der Waals surface area contributed by atoms with Crippen LogP contribution >= 0.6 is 0 Å². The Morgan fingerprint density at radius 2 is 1.57 bits per heavy atom. The summed E-state index contributed by atoms with van der Waals surface area (Å²) in [5.74, 6) is 0.308. The highest BCUT2D eigenvalue weighted by Crippen LogP contribution is 2.21. The van der Waals surface area contributed by atoms with Gasteiger partial charge in [0.2, 0.25) is 5.91 Å². The molecule has 4 nitrogen and oxygen atoms in total. The number of nitrogens with one attached hydrogen (secondary N) is 1. The van der Waals surface area contributed by atoms with Crippen molar-refractivity contribution in [1.82, 2.24) is 0 Å². The predicted octanol–water partition coefficient (Wildman–Crippen LogP) is 5.12. The molecule has 0 unspecified atom stereocenters. The highest BCUT2D eigenvalue weighted by molar-refractivity contribution is 6.08. The molecule has 0 aromatic heterocycles. The summed E-state index contributed by atoms with van der Waals surface area (Å²) >= 11 is 0. The average Bonchev–Trinajstić information content (AvgIpc) is 2.72. The summed E-state index contributed by atoms with van der Waals surface area (Å²) in [6.45, 7) is 1.86. The number of anilines is 1. The number of ketones is 1. The van der Waals surface area contributed by atoms with Gasteiger partial charge in [-0.15, -0.1) is 0 Å². The maximum Gasteiger partial charge on any atom is 0.221 e. The smallest absolute Gasteiger partial charge is 0.221 e. The van der Waals surface area contributed by atoms with Gasteiger partial charge in [0, 0.05) is 12.6 Å². The van der Waals surface area contributed by atoms with E-state index in [1.54, 1.807) is 30.3 Å². The molecule has 0 bridgehead atoms. The molecule has 0 aliphatic carbocycles. The average molecular weight is 371 g/mol. The number of para-hydroxylation sites is 1. The van der Waals surface area contributed by atoms with E-state index in [2.05, 4.69) is 5.32 Å². The van der Waals surface area contributed by atoms with Crippen LogP contribution in [0.1, 0.15) is 28.4 Å². The third-order valence-corrected chi connectivity index (χ3v) is 4.05. The lowest BCUT2D eigenvalue weighted by atomic mass is 10.1. The van der Waals surface area contributed by atoms with Gasteiger partial charge in [0.05, 0.1) is 5.56 Å². The van der Waals surface area contributed by atoms with E-state index in [0.717, 1.165) is 16.8 Å². The van der Waals surface area contributed by atoms with E-state index in [1.165, 1.54) is 13.0 Å². The van der Waals surface area contributed by atoms with Crippen LogP contribution < -0.4 is 10.1 Å². The van der Waals surface area contributed by atoms with Crippen LogP contribution in [0.3, 0.4) is 0 Å². The molecular formula is C24H21NO3. The van der Waals surface area contributed by atoms with Gasteiger partial charge in [-0.1, -0.05) is 60.7 Å². The standard InChI is InChI=1S/C24H21NO3/c1-18(26)25-21-14-11-19(12-15-21)13-16-23(27)22-9-5-6-10-24(22)28-17-20-7-3-2-4-8-20/h2-16H,17H2,1H3,(H,25,26)/b16-13+. The Labute approximate surface area is 164 Å². The van der Waals surface area contributed by atoms with Crippen LogP contribution in [0, 0.1) is 0 Å². The van der Waals surface area contributed by atoms with Crippen molar-refractivity contribution in [3.63, 3.8) is 0 Å². The fraction of sp³-hybridized carbons (Fsp3) is 0.0833. The summed E-state index contributed by atoms with van der Waals surface area (Å²) in [5, 5.41) is 2.71. The minimum absolute atomic E-state index is 0.120. The van der Waals surface area contributed by atoms with Crippen molar-refractivity contribution in [1.29, 1.82) is 0 Å². The molecule has 1 amide bonds. The number of hydrogen-bond donors (Lipinski definition) is 1. The van der Waals surface area contributed by atoms with Crippen molar-refractivity contribution in [3.8, 4) is 5.75 Å². The summed E-state index contributed by atoms with van der Waals surface area (Å²) in [5.41, 5.74) is 3.14. The normalized spacial score (nSPS) is 10.6. The molecule has 28 heavy (non-hydrogen) atoms. The third kappa shape index (κ3) is 5.42. The Morgan fingerprint density at radius 1 is 0.893 bits per heavy atom. The number of amides is 1. The number of carbonyl (C=O) groups excluding carboxylic acids is 2. The van der Waals surface area contributed by atoms with Crippen molar-refractivity contribution in [3.05, 3.63) is 102 Å².